The van der Waals surface area contributed by atoms with E-state index in [0.717, 1.165) is 24.3 Å². The summed E-state index contributed by atoms with van der Waals surface area (Å²) in [7, 11) is 0. The average molecular weight is 365 g/mol. The first-order chi connectivity index (χ1) is 11.6. The first kappa shape index (κ1) is 18.9. The van der Waals surface area contributed by atoms with Crippen molar-refractivity contribution in [2.45, 2.75) is 12.5 Å². The molecule has 0 heterocycles. The molecule has 0 fully saturated rings. The van der Waals surface area contributed by atoms with Crippen LogP contribution < -0.4 is 15.2 Å². The zero-order valence-corrected chi connectivity index (χ0v) is 12.6. The molecule has 0 spiro atoms. The molecule has 0 aromatic heterocycles. The van der Waals surface area contributed by atoms with Crippen LogP contribution in [0.25, 0.3) is 11.1 Å². The van der Waals surface area contributed by atoms with E-state index in [1.54, 1.807) is 0 Å². The fourth-order valence-electron chi connectivity index (χ4n) is 2.08. The van der Waals surface area contributed by atoms with Crippen LogP contribution in [0.5, 0.6) is 11.5 Å². The second-order valence-corrected chi connectivity index (χ2v) is 4.92. The molecule has 0 aliphatic heterocycles. The van der Waals surface area contributed by atoms with Gasteiger partial charge in [-0.15, -0.1) is 13.2 Å². The Kier molecular flexibility index (Phi) is 5.46. The predicted molar refractivity (Wildman–Crippen MR) is 78.1 cm³/mol. The van der Waals surface area contributed by atoms with E-state index < -0.39 is 23.9 Å². The van der Waals surface area contributed by atoms with E-state index in [4.69, 9.17) is 10.5 Å². The molecule has 2 aromatic carbocycles. The Hall–Kier alpha value is -2.42. The summed E-state index contributed by atoms with van der Waals surface area (Å²) in [5.74, 6) is -0.609. The summed E-state index contributed by atoms with van der Waals surface area (Å²) in [5.41, 5.74) is 4.05. The maximum Gasteiger partial charge on any atom is 0.573 e. The molecular weight excluding hydrogens is 352 g/mol. The molecule has 2 N–H and O–H groups in total. The lowest BCUT2D eigenvalue weighted by Crippen LogP contribution is -2.18. The normalized spacial score (nSPS) is 12.1. The summed E-state index contributed by atoms with van der Waals surface area (Å²) in [4.78, 5) is 0. The van der Waals surface area contributed by atoms with Crippen molar-refractivity contribution >= 4 is 0 Å². The molecule has 0 unspecified atom stereocenters. The van der Waals surface area contributed by atoms with Crippen LogP contribution in [0.1, 0.15) is 5.56 Å². The number of halogens is 6. The molecule has 0 saturated carbocycles. The fraction of sp³-hybridized carbons (Fsp3) is 0.250. The van der Waals surface area contributed by atoms with E-state index in [9.17, 15) is 26.3 Å². The molecule has 0 saturated heterocycles. The number of benzene rings is 2. The van der Waals surface area contributed by atoms with Crippen LogP contribution in [0.3, 0.4) is 0 Å². The Morgan fingerprint density at radius 2 is 1.64 bits per heavy atom. The summed E-state index contributed by atoms with van der Waals surface area (Å²) in [6.45, 7) is 0.208. The quantitative estimate of drug-likeness (QED) is 0.787. The van der Waals surface area contributed by atoms with Gasteiger partial charge >= 0.3 is 12.5 Å². The maximum atomic E-state index is 12.8. The van der Waals surface area contributed by atoms with Crippen LogP contribution in [0, 0.1) is 0 Å². The number of hydrogen-bond donors (Lipinski definition) is 1. The first-order valence-corrected chi connectivity index (χ1v) is 7.00. The first-order valence-electron chi connectivity index (χ1n) is 7.00. The van der Waals surface area contributed by atoms with Crippen LogP contribution in [-0.4, -0.2) is 19.5 Å². The number of nitrogens with two attached hydrogens (primary N) is 1. The predicted octanol–water partition coefficient (Wildman–Crippen LogP) is 4.61. The Bertz CT molecular complexity index is 727. The monoisotopic (exact) mass is 365 g/mol. The van der Waals surface area contributed by atoms with Crippen molar-refractivity contribution in [2.24, 2.45) is 5.73 Å². The minimum absolute atomic E-state index is 0.0559. The lowest BCUT2D eigenvalue weighted by Gasteiger charge is -2.16. The van der Waals surface area contributed by atoms with Crippen molar-refractivity contribution in [2.75, 3.05) is 13.2 Å². The van der Waals surface area contributed by atoms with Gasteiger partial charge in [0.1, 0.15) is 18.1 Å². The van der Waals surface area contributed by atoms with E-state index in [1.807, 2.05) is 0 Å². The average Bonchev–Trinajstić information content (AvgIpc) is 2.51. The van der Waals surface area contributed by atoms with Gasteiger partial charge in [-0.25, -0.2) is 0 Å². The molecule has 9 heteroatoms. The Balaban J connectivity index is 2.48. The molecule has 0 radical (unpaired) electrons. The van der Waals surface area contributed by atoms with Crippen LogP contribution in [0.15, 0.2) is 42.5 Å². The van der Waals surface area contributed by atoms with Crippen molar-refractivity contribution < 1.29 is 35.8 Å². The summed E-state index contributed by atoms with van der Waals surface area (Å²) < 4.78 is 85.4. The van der Waals surface area contributed by atoms with E-state index in [0.29, 0.717) is 0 Å². The van der Waals surface area contributed by atoms with Gasteiger partial charge in [-0.1, -0.05) is 12.1 Å². The lowest BCUT2D eigenvalue weighted by atomic mass is 10.0. The van der Waals surface area contributed by atoms with Gasteiger partial charge in [-0.05, 0) is 29.8 Å². The molecule has 0 amide bonds. The van der Waals surface area contributed by atoms with Gasteiger partial charge in [-0.2, -0.15) is 13.2 Å². The van der Waals surface area contributed by atoms with E-state index in [1.165, 1.54) is 18.2 Å². The summed E-state index contributed by atoms with van der Waals surface area (Å²) in [6, 6.07) is 7.42. The van der Waals surface area contributed by atoms with Crippen LogP contribution in [-0.2, 0) is 6.18 Å². The van der Waals surface area contributed by atoms with Gasteiger partial charge in [0.25, 0.3) is 0 Å². The molecule has 136 valence electrons. The third-order valence-corrected chi connectivity index (χ3v) is 3.07. The molecule has 25 heavy (non-hydrogen) atoms. The molecular formula is C16H13F6NO2. The van der Waals surface area contributed by atoms with Crippen LogP contribution in [0.2, 0.25) is 0 Å². The van der Waals surface area contributed by atoms with Crippen molar-refractivity contribution in [3.8, 4) is 22.6 Å². The molecule has 0 atom stereocenters. The Labute approximate surface area is 139 Å². The van der Waals surface area contributed by atoms with Crippen LogP contribution in [0.4, 0.5) is 26.3 Å². The number of alkyl halides is 6. The van der Waals surface area contributed by atoms with Gasteiger partial charge in [0, 0.05) is 18.2 Å². The summed E-state index contributed by atoms with van der Waals surface area (Å²) >= 11 is 0. The second kappa shape index (κ2) is 7.22. The smallest absolute Gasteiger partial charge is 0.492 e. The minimum atomic E-state index is -5.01. The van der Waals surface area contributed by atoms with Crippen LogP contribution >= 0.6 is 0 Å². The number of hydrogen-bond acceptors (Lipinski definition) is 3. The molecule has 0 aliphatic rings. The van der Waals surface area contributed by atoms with E-state index >= 15 is 0 Å². The van der Waals surface area contributed by atoms with Gasteiger partial charge in [0.05, 0.1) is 5.56 Å². The molecule has 2 aromatic rings. The zero-order valence-electron chi connectivity index (χ0n) is 12.6. The van der Waals surface area contributed by atoms with Gasteiger partial charge in [-0.3, -0.25) is 0 Å². The SMILES string of the molecule is NCCOc1ccc(-c2cccc(C(F)(F)F)c2)c(OC(F)(F)F)c1. The van der Waals surface area contributed by atoms with Crippen molar-refractivity contribution in [1.82, 2.24) is 0 Å². The number of ether oxygens (including phenoxy) is 2. The zero-order chi connectivity index (χ0) is 18.7. The number of rotatable bonds is 5. The van der Waals surface area contributed by atoms with Gasteiger partial charge in [0.15, 0.2) is 0 Å². The third kappa shape index (κ3) is 5.28. The Morgan fingerprint density at radius 3 is 2.24 bits per heavy atom. The van der Waals surface area contributed by atoms with Gasteiger partial charge < -0.3 is 15.2 Å². The van der Waals surface area contributed by atoms with E-state index in [-0.39, 0.29) is 30.0 Å². The van der Waals surface area contributed by atoms with Gasteiger partial charge in [0.2, 0.25) is 0 Å². The highest BCUT2D eigenvalue weighted by Crippen LogP contribution is 2.39. The minimum Gasteiger partial charge on any atom is -0.492 e. The lowest BCUT2D eigenvalue weighted by molar-refractivity contribution is -0.274. The van der Waals surface area contributed by atoms with Crippen molar-refractivity contribution in [3.63, 3.8) is 0 Å². The molecule has 3 nitrogen and oxygen atoms in total. The largest absolute Gasteiger partial charge is 0.573 e. The highest BCUT2D eigenvalue weighted by atomic mass is 19.4. The standard InChI is InChI=1S/C16H13F6NO2/c17-15(18,19)11-3-1-2-10(8-11)13-5-4-12(24-7-6-23)9-14(13)25-16(20,21)22/h1-5,8-9H,6-7,23H2. The van der Waals surface area contributed by atoms with Crippen molar-refractivity contribution in [1.29, 1.82) is 0 Å². The molecule has 2 rings (SSSR count). The highest BCUT2D eigenvalue weighted by molar-refractivity contribution is 5.72. The fourth-order valence-corrected chi connectivity index (χ4v) is 2.08. The molecule has 0 bridgehead atoms. The topological polar surface area (TPSA) is 44.5 Å². The Morgan fingerprint density at radius 1 is 0.920 bits per heavy atom. The second-order valence-electron chi connectivity index (χ2n) is 4.92. The third-order valence-electron chi connectivity index (χ3n) is 3.07. The summed E-state index contributed by atoms with van der Waals surface area (Å²) in [6.07, 6.45) is -9.63. The maximum absolute atomic E-state index is 12.8. The summed E-state index contributed by atoms with van der Waals surface area (Å²) in [5, 5.41) is 0. The molecule has 0 aliphatic carbocycles. The van der Waals surface area contributed by atoms with Crippen molar-refractivity contribution in [3.05, 3.63) is 48.0 Å². The van der Waals surface area contributed by atoms with E-state index in [2.05, 4.69) is 4.74 Å². The highest BCUT2D eigenvalue weighted by Gasteiger charge is 2.33.